The molecular formula is C13H23NO. The van der Waals surface area contributed by atoms with Gasteiger partial charge in [0, 0.05) is 18.0 Å². The lowest BCUT2D eigenvalue weighted by Gasteiger charge is -2.26. The van der Waals surface area contributed by atoms with E-state index in [2.05, 4.69) is 25.4 Å². The van der Waals surface area contributed by atoms with Crippen molar-refractivity contribution >= 4 is 0 Å². The van der Waals surface area contributed by atoms with E-state index in [0.29, 0.717) is 12.0 Å². The fraction of sp³-hybridized carbons (Fsp3) is 0.692. The number of ether oxygens (including phenoxy) is 1. The Hall–Kier alpha value is -0.760. The van der Waals surface area contributed by atoms with Gasteiger partial charge in [-0.2, -0.15) is 0 Å². The van der Waals surface area contributed by atoms with Gasteiger partial charge in [0.1, 0.15) is 0 Å². The molecule has 0 amide bonds. The molecule has 2 heteroatoms. The maximum absolute atomic E-state index is 5.71. The fourth-order valence-electron chi connectivity index (χ4n) is 1.93. The fourth-order valence-corrected chi connectivity index (χ4v) is 1.93. The van der Waals surface area contributed by atoms with E-state index in [9.17, 15) is 0 Å². The second-order valence-electron chi connectivity index (χ2n) is 4.56. The number of nitrogens with one attached hydrogen (secondary N) is 1. The predicted molar refractivity (Wildman–Crippen MR) is 64.5 cm³/mol. The molecule has 1 saturated heterocycles. The average molecular weight is 209 g/mol. The summed E-state index contributed by atoms with van der Waals surface area (Å²) in [6.07, 6.45) is 5.22. The smallest absolute Gasteiger partial charge is 0.0581 e. The van der Waals surface area contributed by atoms with Crippen LogP contribution in [-0.2, 0) is 4.74 Å². The third kappa shape index (κ3) is 4.52. The summed E-state index contributed by atoms with van der Waals surface area (Å²) in [7, 11) is 0. The Kier molecular flexibility index (Phi) is 4.89. The Morgan fingerprint density at radius 1 is 1.47 bits per heavy atom. The van der Waals surface area contributed by atoms with Crippen molar-refractivity contribution in [2.24, 2.45) is 5.92 Å². The second kappa shape index (κ2) is 5.96. The predicted octanol–water partition coefficient (Wildman–Crippen LogP) is 3.22. The number of allylic oxidation sites excluding steroid dienone is 2. The molecule has 0 bridgehead atoms. The van der Waals surface area contributed by atoms with Crippen molar-refractivity contribution in [2.45, 2.75) is 45.6 Å². The summed E-state index contributed by atoms with van der Waals surface area (Å²) < 4.78 is 5.71. The Labute approximate surface area is 93.4 Å². The monoisotopic (exact) mass is 209 g/mol. The summed E-state index contributed by atoms with van der Waals surface area (Å²) in [5, 5.41) is 3.19. The van der Waals surface area contributed by atoms with E-state index < -0.39 is 0 Å². The van der Waals surface area contributed by atoms with Crippen LogP contribution >= 0.6 is 0 Å². The zero-order valence-corrected chi connectivity index (χ0v) is 10.0. The highest BCUT2D eigenvalue weighted by Crippen LogP contribution is 2.22. The molecule has 0 aromatic carbocycles. The van der Waals surface area contributed by atoms with Crippen LogP contribution in [0.1, 0.15) is 39.5 Å². The largest absolute Gasteiger partial charge is 0.378 e. The summed E-state index contributed by atoms with van der Waals surface area (Å²) in [4.78, 5) is 0. The summed E-state index contributed by atoms with van der Waals surface area (Å²) in [5.41, 5.74) is 2.01. The third-order valence-corrected chi connectivity index (χ3v) is 2.86. The van der Waals surface area contributed by atoms with E-state index in [0.717, 1.165) is 24.4 Å². The van der Waals surface area contributed by atoms with E-state index in [1.54, 1.807) is 0 Å². The molecule has 1 aliphatic heterocycles. The minimum atomic E-state index is 0.428. The van der Waals surface area contributed by atoms with E-state index in [1.807, 2.05) is 6.92 Å². The Morgan fingerprint density at radius 2 is 2.20 bits per heavy atom. The lowest BCUT2D eigenvalue weighted by molar-refractivity contribution is 0.00503. The quantitative estimate of drug-likeness (QED) is 0.750. The Morgan fingerprint density at radius 3 is 2.73 bits per heavy atom. The maximum Gasteiger partial charge on any atom is 0.0581 e. The van der Waals surface area contributed by atoms with E-state index in [1.165, 1.54) is 19.3 Å². The van der Waals surface area contributed by atoms with E-state index in [-0.39, 0.29) is 0 Å². The molecular weight excluding hydrogens is 186 g/mol. The van der Waals surface area contributed by atoms with Gasteiger partial charge in [-0.3, -0.25) is 0 Å². The number of hydrogen-bond acceptors (Lipinski definition) is 2. The van der Waals surface area contributed by atoms with Crippen molar-refractivity contribution in [3.63, 3.8) is 0 Å². The van der Waals surface area contributed by atoms with Crippen molar-refractivity contribution in [1.82, 2.24) is 5.32 Å². The molecule has 1 fully saturated rings. The van der Waals surface area contributed by atoms with Crippen LogP contribution in [0.5, 0.6) is 0 Å². The minimum absolute atomic E-state index is 0.428. The summed E-state index contributed by atoms with van der Waals surface area (Å²) in [6.45, 7) is 12.9. The SMILES string of the molecule is C=C(C)NC(=C)C(C)CC1CCCCO1. The first-order chi connectivity index (χ1) is 7.09. The van der Waals surface area contributed by atoms with Gasteiger partial charge >= 0.3 is 0 Å². The van der Waals surface area contributed by atoms with Gasteiger partial charge in [0.15, 0.2) is 0 Å². The molecule has 2 unspecified atom stereocenters. The van der Waals surface area contributed by atoms with Crippen LogP contribution in [0.3, 0.4) is 0 Å². The normalized spacial score (nSPS) is 23.2. The van der Waals surface area contributed by atoms with Gasteiger partial charge in [0.2, 0.25) is 0 Å². The molecule has 0 radical (unpaired) electrons. The highest BCUT2D eigenvalue weighted by molar-refractivity contribution is 5.05. The first-order valence-electron chi connectivity index (χ1n) is 5.82. The van der Waals surface area contributed by atoms with E-state index >= 15 is 0 Å². The minimum Gasteiger partial charge on any atom is -0.378 e. The van der Waals surface area contributed by atoms with Crippen LogP contribution in [0.15, 0.2) is 24.6 Å². The molecule has 0 aromatic rings. The molecule has 0 aromatic heterocycles. The first-order valence-corrected chi connectivity index (χ1v) is 5.82. The van der Waals surface area contributed by atoms with Crippen LogP contribution in [0.2, 0.25) is 0 Å². The number of hydrogen-bond donors (Lipinski definition) is 1. The Bertz CT molecular complexity index is 229. The molecule has 1 N–H and O–H groups in total. The summed E-state index contributed by atoms with van der Waals surface area (Å²) in [6, 6.07) is 0. The maximum atomic E-state index is 5.71. The standard InChI is InChI=1S/C13H23NO/c1-10(2)14-12(4)11(3)9-13-7-5-6-8-15-13/h11,13-14H,1,4-9H2,2-3H3. The average Bonchev–Trinajstić information content (AvgIpc) is 2.18. The van der Waals surface area contributed by atoms with Gasteiger partial charge in [0.05, 0.1) is 6.10 Å². The van der Waals surface area contributed by atoms with Gasteiger partial charge in [-0.1, -0.05) is 20.1 Å². The number of rotatable bonds is 5. The summed E-state index contributed by atoms with van der Waals surface area (Å²) >= 11 is 0. The van der Waals surface area contributed by atoms with Crippen LogP contribution < -0.4 is 5.32 Å². The molecule has 0 saturated carbocycles. The molecule has 1 aliphatic rings. The topological polar surface area (TPSA) is 21.3 Å². The van der Waals surface area contributed by atoms with Crippen LogP contribution in [0, 0.1) is 5.92 Å². The second-order valence-corrected chi connectivity index (χ2v) is 4.56. The van der Waals surface area contributed by atoms with Crippen molar-refractivity contribution in [2.75, 3.05) is 6.61 Å². The molecule has 0 spiro atoms. The molecule has 86 valence electrons. The van der Waals surface area contributed by atoms with Crippen molar-refractivity contribution in [1.29, 1.82) is 0 Å². The molecule has 1 rings (SSSR count). The molecule has 1 heterocycles. The van der Waals surface area contributed by atoms with E-state index in [4.69, 9.17) is 4.74 Å². The van der Waals surface area contributed by atoms with Gasteiger partial charge in [-0.05, 0) is 38.5 Å². The molecule has 2 atom stereocenters. The van der Waals surface area contributed by atoms with Crippen LogP contribution in [0.4, 0.5) is 0 Å². The van der Waals surface area contributed by atoms with Crippen molar-refractivity contribution < 1.29 is 4.74 Å². The highest BCUT2D eigenvalue weighted by Gasteiger charge is 2.18. The van der Waals surface area contributed by atoms with Crippen LogP contribution in [0.25, 0.3) is 0 Å². The first kappa shape index (κ1) is 12.3. The van der Waals surface area contributed by atoms with Gasteiger partial charge in [-0.15, -0.1) is 0 Å². The van der Waals surface area contributed by atoms with Gasteiger partial charge in [-0.25, -0.2) is 0 Å². The van der Waals surface area contributed by atoms with Gasteiger partial charge < -0.3 is 10.1 Å². The van der Waals surface area contributed by atoms with Gasteiger partial charge in [0.25, 0.3) is 0 Å². The lowest BCUT2D eigenvalue weighted by atomic mass is 9.96. The zero-order valence-electron chi connectivity index (χ0n) is 10.0. The third-order valence-electron chi connectivity index (χ3n) is 2.86. The summed E-state index contributed by atoms with van der Waals surface area (Å²) in [5.74, 6) is 0.449. The lowest BCUT2D eigenvalue weighted by Crippen LogP contribution is -2.24. The molecule has 15 heavy (non-hydrogen) atoms. The van der Waals surface area contributed by atoms with Crippen molar-refractivity contribution in [3.8, 4) is 0 Å². The molecule has 0 aliphatic carbocycles. The highest BCUT2D eigenvalue weighted by atomic mass is 16.5. The Balaban J connectivity index is 2.29. The van der Waals surface area contributed by atoms with Crippen molar-refractivity contribution in [3.05, 3.63) is 24.6 Å². The molecule has 2 nitrogen and oxygen atoms in total. The zero-order chi connectivity index (χ0) is 11.3. The van der Waals surface area contributed by atoms with Crippen LogP contribution in [-0.4, -0.2) is 12.7 Å².